The van der Waals surface area contributed by atoms with Crippen LogP contribution in [0.2, 0.25) is 0 Å². The molecule has 136 valence electrons. The van der Waals surface area contributed by atoms with Crippen LogP contribution in [0.1, 0.15) is 17.5 Å². The standard InChI is InChI=1S/C20H23N3O3/c1-26-18-9-5-4-8-16(18)22-19(24)10-11-23-13-15-7-3-2-6-14(15)12-17(23)20(21)25/h2-9,17H,10-13H2,1H3,(H2,21,25)(H,22,24)/t17-/m0/s1. The van der Waals surface area contributed by atoms with Gasteiger partial charge in [-0.2, -0.15) is 0 Å². The van der Waals surface area contributed by atoms with E-state index in [-0.39, 0.29) is 24.3 Å². The van der Waals surface area contributed by atoms with E-state index in [4.69, 9.17) is 10.5 Å². The summed E-state index contributed by atoms with van der Waals surface area (Å²) < 4.78 is 5.24. The van der Waals surface area contributed by atoms with Crippen LogP contribution in [0.3, 0.4) is 0 Å². The number of fused-ring (bicyclic) bond motifs is 1. The molecule has 1 aliphatic rings. The van der Waals surface area contributed by atoms with Crippen LogP contribution >= 0.6 is 0 Å². The average molecular weight is 353 g/mol. The van der Waals surface area contributed by atoms with Crippen molar-refractivity contribution >= 4 is 17.5 Å². The largest absolute Gasteiger partial charge is 0.495 e. The first-order valence-corrected chi connectivity index (χ1v) is 8.61. The average Bonchev–Trinajstić information content (AvgIpc) is 2.66. The number of ether oxygens (including phenoxy) is 1. The maximum absolute atomic E-state index is 12.3. The zero-order chi connectivity index (χ0) is 18.5. The summed E-state index contributed by atoms with van der Waals surface area (Å²) in [5, 5.41) is 2.86. The Morgan fingerprint density at radius 1 is 1.15 bits per heavy atom. The highest BCUT2D eigenvalue weighted by molar-refractivity contribution is 5.92. The van der Waals surface area contributed by atoms with E-state index in [1.54, 1.807) is 19.2 Å². The van der Waals surface area contributed by atoms with Gasteiger partial charge in [0.2, 0.25) is 11.8 Å². The van der Waals surface area contributed by atoms with Gasteiger partial charge in [0.05, 0.1) is 18.8 Å². The number of para-hydroxylation sites is 2. The van der Waals surface area contributed by atoms with Gasteiger partial charge in [-0.3, -0.25) is 14.5 Å². The monoisotopic (exact) mass is 353 g/mol. The van der Waals surface area contributed by atoms with Gasteiger partial charge in [0.25, 0.3) is 0 Å². The second kappa shape index (κ2) is 8.01. The van der Waals surface area contributed by atoms with Crippen molar-refractivity contribution in [2.75, 3.05) is 19.0 Å². The van der Waals surface area contributed by atoms with Crippen LogP contribution in [-0.4, -0.2) is 36.4 Å². The summed E-state index contributed by atoms with van der Waals surface area (Å²) in [5.74, 6) is 0.129. The molecule has 3 N–H and O–H groups in total. The van der Waals surface area contributed by atoms with Gasteiger partial charge in [-0.1, -0.05) is 36.4 Å². The van der Waals surface area contributed by atoms with Gasteiger partial charge < -0.3 is 15.8 Å². The maximum Gasteiger partial charge on any atom is 0.235 e. The molecule has 0 radical (unpaired) electrons. The first-order chi connectivity index (χ1) is 12.6. The van der Waals surface area contributed by atoms with E-state index in [0.29, 0.717) is 30.9 Å². The fraction of sp³-hybridized carbons (Fsp3) is 0.300. The van der Waals surface area contributed by atoms with E-state index in [9.17, 15) is 9.59 Å². The van der Waals surface area contributed by atoms with Crippen LogP contribution in [0.15, 0.2) is 48.5 Å². The fourth-order valence-corrected chi connectivity index (χ4v) is 3.30. The number of benzene rings is 2. The number of methoxy groups -OCH3 is 1. The topological polar surface area (TPSA) is 84.7 Å². The van der Waals surface area contributed by atoms with Gasteiger partial charge in [0.15, 0.2) is 0 Å². The number of carbonyl (C=O) groups excluding carboxylic acids is 2. The molecule has 1 heterocycles. The summed E-state index contributed by atoms with van der Waals surface area (Å²) in [5.41, 5.74) is 8.54. The van der Waals surface area contributed by atoms with Crippen LogP contribution in [0.25, 0.3) is 0 Å². The number of rotatable bonds is 6. The summed E-state index contributed by atoms with van der Waals surface area (Å²) in [6, 6.07) is 14.9. The summed E-state index contributed by atoms with van der Waals surface area (Å²) in [4.78, 5) is 26.2. The number of nitrogens with one attached hydrogen (secondary N) is 1. The van der Waals surface area contributed by atoms with E-state index in [1.165, 1.54) is 5.56 Å². The molecule has 0 saturated heterocycles. The van der Waals surface area contributed by atoms with Gasteiger partial charge in [-0.15, -0.1) is 0 Å². The summed E-state index contributed by atoms with van der Waals surface area (Å²) in [7, 11) is 1.56. The van der Waals surface area contributed by atoms with Crippen LogP contribution in [0.5, 0.6) is 5.75 Å². The number of nitrogens with zero attached hydrogens (tertiary/aromatic N) is 1. The zero-order valence-corrected chi connectivity index (χ0v) is 14.8. The lowest BCUT2D eigenvalue weighted by atomic mass is 9.93. The molecule has 0 bridgehead atoms. The normalized spacial score (nSPS) is 16.6. The van der Waals surface area contributed by atoms with Crippen molar-refractivity contribution in [2.45, 2.75) is 25.4 Å². The van der Waals surface area contributed by atoms with E-state index in [2.05, 4.69) is 11.4 Å². The van der Waals surface area contributed by atoms with Crippen LogP contribution in [0, 0.1) is 0 Å². The van der Waals surface area contributed by atoms with Gasteiger partial charge in [-0.05, 0) is 29.7 Å². The lowest BCUT2D eigenvalue weighted by Crippen LogP contribution is -2.49. The molecule has 0 fully saturated rings. The Morgan fingerprint density at radius 3 is 2.58 bits per heavy atom. The molecule has 1 atom stereocenters. The summed E-state index contributed by atoms with van der Waals surface area (Å²) >= 11 is 0. The first-order valence-electron chi connectivity index (χ1n) is 8.61. The molecule has 2 amide bonds. The van der Waals surface area contributed by atoms with Crippen molar-refractivity contribution in [1.29, 1.82) is 0 Å². The number of amides is 2. The Morgan fingerprint density at radius 2 is 1.85 bits per heavy atom. The molecule has 0 spiro atoms. The van der Waals surface area contributed by atoms with E-state index in [1.807, 2.05) is 35.2 Å². The molecule has 2 aromatic carbocycles. The number of hydrogen-bond acceptors (Lipinski definition) is 4. The second-order valence-electron chi connectivity index (χ2n) is 6.36. The lowest BCUT2D eigenvalue weighted by molar-refractivity contribution is -0.125. The van der Waals surface area contributed by atoms with E-state index in [0.717, 1.165) is 5.56 Å². The Balaban J connectivity index is 1.64. The number of hydrogen-bond donors (Lipinski definition) is 2. The molecule has 0 unspecified atom stereocenters. The molecule has 26 heavy (non-hydrogen) atoms. The van der Waals surface area contributed by atoms with Crippen molar-refractivity contribution in [3.63, 3.8) is 0 Å². The summed E-state index contributed by atoms with van der Waals surface area (Å²) in [6.45, 7) is 1.08. The van der Waals surface area contributed by atoms with Crippen molar-refractivity contribution in [3.05, 3.63) is 59.7 Å². The molecule has 3 rings (SSSR count). The Bertz CT molecular complexity index is 806. The summed E-state index contributed by atoms with van der Waals surface area (Å²) in [6.07, 6.45) is 0.851. The first kappa shape index (κ1) is 17.9. The third-order valence-electron chi connectivity index (χ3n) is 4.68. The lowest BCUT2D eigenvalue weighted by Gasteiger charge is -2.34. The minimum absolute atomic E-state index is 0.128. The van der Waals surface area contributed by atoms with Gasteiger partial charge >= 0.3 is 0 Å². The molecule has 2 aromatic rings. The predicted molar refractivity (Wildman–Crippen MR) is 99.8 cm³/mol. The molecular formula is C20H23N3O3. The molecule has 1 aliphatic heterocycles. The Kier molecular flexibility index (Phi) is 5.53. The number of nitrogens with two attached hydrogens (primary N) is 1. The predicted octanol–water partition coefficient (Wildman–Crippen LogP) is 1.94. The highest BCUT2D eigenvalue weighted by atomic mass is 16.5. The van der Waals surface area contributed by atoms with Crippen LogP contribution < -0.4 is 15.8 Å². The number of carbonyl (C=O) groups is 2. The molecule has 6 heteroatoms. The minimum Gasteiger partial charge on any atom is -0.495 e. The van der Waals surface area contributed by atoms with Gasteiger partial charge in [-0.25, -0.2) is 0 Å². The maximum atomic E-state index is 12.3. The second-order valence-corrected chi connectivity index (χ2v) is 6.36. The van der Waals surface area contributed by atoms with Crippen LogP contribution in [0.4, 0.5) is 5.69 Å². The minimum atomic E-state index is -0.385. The molecule has 6 nitrogen and oxygen atoms in total. The van der Waals surface area contributed by atoms with Gasteiger partial charge in [0, 0.05) is 19.5 Å². The van der Waals surface area contributed by atoms with Crippen molar-refractivity contribution in [1.82, 2.24) is 4.90 Å². The van der Waals surface area contributed by atoms with Crippen molar-refractivity contribution in [2.24, 2.45) is 5.73 Å². The SMILES string of the molecule is COc1ccccc1NC(=O)CCN1Cc2ccccc2C[C@H]1C(N)=O. The Hall–Kier alpha value is -2.86. The van der Waals surface area contributed by atoms with Gasteiger partial charge in [0.1, 0.15) is 5.75 Å². The highest BCUT2D eigenvalue weighted by Gasteiger charge is 2.29. The highest BCUT2D eigenvalue weighted by Crippen LogP contribution is 2.25. The third-order valence-corrected chi connectivity index (χ3v) is 4.68. The van der Waals surface area contributed by atoms with Crippen LogP contribution in [-0.2, 0) is 22.6 Å². The third kappa shape index (κ3) is 4.03. The quantitative estimate of drug-likeness (QED) is 0.831. The van der Waals surface area contributed by atoms with E-state index < -0.39 is 0 Å². The van der Waals surface area contributed by atoms with Crippen molar-refractivity contribution in [3.8, 4) is 5.75 Å². The number of primary amides is 1. The smallest absolute Gasteiger partial charge is 0.235 e. The molecular weight excluding hydrogens is 330 g/mol. The molecule has 0 aromatic heterocycles. The number of anilines is 1. The zero-order valence-electron chi connectivity index (χ0n) is 14.8. The fourth-order valence-electron chi connectivity index (χ4n) is 3.30. The van der Waals surface area contributed by atoms with E-state index >= 15 is 0 Å². The Labute approximate surface area is 152 Å². The van der Waals surface area contributed by atoms with Crippen molar-refractivity contribution < 1.29 is 14.3 Å². The molecule has 0 saturated carbocycles. The molecule has 0 aliphatic carbocycles.